The molecule has 38 heavy (non-hydrogen) atoms. The quantitative estimate of drug-likeness (QED) is 0.301. The number of hydrogen-bond donors (Lipinski definition) is 3. The van der Waals surface area contributed by atoms with E-state index in [0.29, 0.717) is 36.0 Å². The first-order chi connectivity index (χ1) is 17.6. The lowest BCUT2D eigenvalue weighted by Gasteiger charge is -2.62. The summed E-state index contributed by atoms with van der Waals surface area (Å²) in [5.41, 5.74) is -0.0507. The van der Waals surface area contributed by atoms with Crippen LogP contribution in [-0.4, -0.2) is 49.9 Å². The summed E-state index contributed by atoms with van der Waals surface area (Å²) in [5, 5.41) is 11.1. The van der Waals surface area contributed by atoms with Gasteiger partial charge >= 0.3 is 20.8 Å². The molecule has 0 aromatic rings. The highest BCUT2D eigenvalue weighted by atomic mass is 32.3. The fourth-order valence-corrected chi connectivity index (χ4v) is 10.6. The lowest BCUT2D eigenvalue weighted by molar-refractivity contribution is -0.171. The molecule has 0 aromatic carbocycles. The third-order valence-electron chi connectivity index (χ3n) is 11.4. The molecule has 9 nitrogen and oxygen atoms in total. The summed E-state index contributed by atoms with van der Waals surface area (Å²) in [6.45, 7) is 9.04. The molecule has 4 saturated carbocycles. The molecule has 0 radical (unpaired) electrons. The second-order valence-electron chi connectivity index (χ2n) is 13.7. The first-order valence-electron chi connectivity index (χ1n) is 14.5. The Morgan fingerprint density at radius 1 is 0.816 bits per heavy atom. The summed E-state index contributed by atoms with van der Waals surface area (Å²) in [5.74, 6) is 2.34. The number of aliphatic hydroxyl groups excluding tert-OH is 1. The lowest BCUT2D eigenvalue weighted by atomic mass is 9.44. The van der Waals surface area contributed by atoms with E-state index < -0.39 is 33.0 Å². The van der Waals surface area contributed by atoms with E-state index in [2.05, 4.69) is 27.7 Å². The van der Waals surface area contributed by atoms with Gasteiger partial charge in [-0.2, -0.15) is 16.8 Å². The van der Waals surface area contributed by atoms with Crippen molar-refractivity contribution in [3.63, 3.8) is 0 Å². The zero-order valence-corrected chi connectivity index (χ0v) is 24.9. The minimum Gasteiger partial charge on any atom is -0.390 e. The predicted molar refractivity (Wildman–Crippen MR) is 143 cm³/mol. The van der Waals surface area contributed by atoms with Gasteiger partial charge in [-0.1, -0.05) is 40.5 Å². The van der Waals surface area contributed by atoms with Crippen molar-refractivity contribution in [2.24, 2.45) is 52.3 Å². The normalized spacial score (nSPS) is 42.4. The average Bonchev–Trinajstić information content (AvgIpc) is 3.14. The smallest absolute Gasteiger partial charge is 0.390 e. The highest BCUT2D eigenvalue weighted by Crippen LogP contribution is 2.68. The molecular formula is C27H48O9S2. The van der Waals surface area contributed by atoms with E-state index >= 15 is 0 Å². The van der Waals surface area contributed by atoms with E-state index in [0.717, 1.165) is 64.2 Å². The van der Waals surface area contributed by atoms with Gasteiger partial charge in [-0.25, -0.2) is 8.37 Å². The molecule has 0 saturated heterocycles. The van der Waals surface area contributed by atoms with E-state index in [-0.39, 0.29) is 29.3 Å². The van der Waals surface area contributed by atoms with Gasteiger partial charge in [0.2, 0.25) is 0 Å². The van der Waals surface area contributed by atoms with Crippen LogP contribution >= 0.6 is 0 Å². The topological polar surface area (TPSA) is 147 Å². The summed E-state index contributed by atoms with van der Waals surface area (Å²) >= 11 is 0. The van der Waals surface area contributed by atoms with Gasteiger partial charge in [0.15, 0.2) is 0 Å². The van der Waals surface area contributed by atoms with Gasteiger partial charge in [0.25, 0.3) is 0 Å². The maximum absolute atomic E-state index is 11.4. The maximum Gasteiger partial charge on any atom is 0.397 e. The first kappa shape index (κ1) is 30.7. The number of aliphatic hydroxyl groups is 1. The Morgan fingerprint density at radius 2 is 1.45 bits per heavy atom. The summed E-state index contributed by atoms with van der Waals surface area (Å²) in [6, 6.07) is 0. The third kappa shape index (κ3) is 6.29. The molecule has 11 heteroatoms. The fourth-order valence-electron chi connectivity index (χ4n) is 9.74. The number of rotatable bonds is 10. The fraction of sp³-hybridized carbons (Fsp3) is 1.00. The Labute approximate surface area is 229 Å². The maximum atomic E-state index is 11.4. The molecule has 4 fully saturated rings. The Balaban J connectivity index is 1.51. The average molecular weight is 581 g/mol. The van der Waals surface area contributed by atoms with Crippen LogP contribution in [0.1, 0.15) is 98.3 Å². The second-order valence-corrected chi connectivity index (χ2v) is 15.8. The van der Waals surface area contributed by atoms with E-state index in [1.54, 1.807) is 0 Å². The zero-order chi connectivity index (χ0) is 28.1. The summed E-state index contributed by atoms with van der Waals surface area (Å²) in [4.78, 5) is 0. The molecule has 0 aliphatic heterocycles. The van der Waals surface area contributed by atoms with Crippen LogP contribution in [0.25, 0.3) is 0 Å². The van der Waals surface area contributed by atoms with Crippen LogP contribution in [0.3, 0.4) is 0 Å². The van der Waals surface area contributed by atoms with E-state index in [4.69, 9.17) is 8.37 Å². The Morgan fingerprint density at radius 3 is 2.08 bits per heavy atom. The molecule has 0 aromatic heterocycles. The Bertz CT molecular complexity index is 1040. The molecule has 4 aliphatic rings. The predicted octanol–water partition coefficient (Wildman–Crippen LogP) is 5.07. The largest absolute Gasteiger partial charge is 0.397 e. The van der Waals surface area contributed by atoms with Crippen LogP contribution in [0.5, 0.6) is 0 Å². The van der Waals surface area contributed by atoms with Gasteiger partial charge < -0.3 is 5.11 Å². The van der Waals surface area contributed by atoms with Crippen LogP contribution in [0.15, 0.2) is 0 Å². The molecule has 0 spiro atoms. The third-order valence-corrected chi connectivity index (χ3v) is 12.3. The van der Waals surface area contributed by atoms with Crippen molar-refractivity contribution in [1.29, 1.82) is 0 Å². The zero-order valence-electron chi connectivity index (χ0n) is 23.3. The summed E-state index contributed by atoms with van der Waals surface area (Å²) in [6.07, 6.45) is 8.21. The van der Waals surface area contributed by atoms with Crippen molar-refractivity contribution in [3.05, 3.63) is 0 Å². The van der Waals surface area contributed by atoms with Gasteiger partial charge in [-0.05, 0) is 110 Å². The van der Waals surface area contributed by atoms with Gasteiger partial charge in [-0.15, -0.1) is 0 Å². The molecule has 4 rings (SSSR count). The van der Waals surface area contributed by atoms with Crippen LogP contribution < -0.4 is 0 Å². The van der Waals surface area contributed by atoms with E-state index in [9.17, 15) is 31.0 Å². The molecular weight excluding hydrogens is 532 g/mol. The van der Waals surface area contributed by atoms with Gasteiger partial charge in [0.1, 0.15) is 6.10 Å². The first-order valence-corrected chi connectivity index (χ1v) is 17.2. The molecule has 10 atom stereocenters. The van der Waals surface area contributed by atoms with Crippen molar-refractivity contribution in [1.82, 2.24) is 0 Å². The van der Waals surface area contributed by atoms with Gasteiger partial charge in [0, 0.05) is 0 Å². The molecule has 1 unspecified atom stereocenters. The van der Waals surface area contributed by atoms with Gasteiger partial charge in [0.05, 0.1) is 12.7 Å². The minimum absolute atomic E-state index is 0.0269. The van der Waals surface area contributed by atoms with Crippen molar-refractivity contribution >= 4 is 20.8 Å². The molecule has 0 amide bonds. The number of fused-ring (bicyclic) bond motifs is 5. The van der Waals surface area contributed by atoms with Crippen LogP contribution in [-0.2, 0) is 29.2 Å². The van der Waals surface area contributed by atoms with Gasteiger partial charge in [-0.3, -0.25) is 9.11 Å². The van der Waals surface area contributed by atoms with Crippen LogP contribution in [0.2, 0.25) is 0 Å². The van der Waals surface area contributed by atoms with Crippen LogP contribution in [0.4, 0.5) is 0 Å². The standard InChI is InChI=1S/C27H48O9S2/c1-17(2)6-5-7-18(16-35-37(29,30)31)20-10-11-21-19-8-9-23-25(28)24(36-38(32,33)34)13-15-27(23,4)22(19)12-14-26(20,21)3/h17-25,28H,5-16H2,1-4H3,(H,29,30,31)(H,32,33,34)/t18-,19-,20+,21-,22-,23?,24+,25+,26+,27+/m0/s1. The van der Waals surface area contributed by atoms with Crippen LogP contribution in [0, 0.1) is 52.3 Å². The van der Waals surface area contributed by atoms with E-state index in [1.165, 1.54) is 0 Å². The van der Waals surface area contributed by atoms with Crippen molar-refractivity contribution in [2.45, 2.75) is 111 Å². The van der Waals surface area contributed by atoms with E-state index in [1.807, 2.05) is 0 Å². The molecule has 0 bridgehead atoms. The van der Waals surface area contributed by atoms with Crippen molar-refractivity contribution < 1.29 is 39.4 Å². The van der Waals surface area contributed by atoms with Crippen molar-refractivity contribution in [2.75, 3.05) is 6.61 Å². The second kappa shape index (κ2) is 11.2. The highest BCUT2D eigenvalue weighted by molar-refractivity contribution is 7.81. The molecule has 3 N–H and O–H groups in total. The monoisotopic (exact) mass is 580 g/mol. The minimum atomic E-state index is -4.62. The van der Waals surface area contributed by atoms with Crippen molar-refractivity contribution in [3.8, 4) is 0 Å². The molecule has 222 valence electrons. The molecule has 0 heterocycles. The highest BCUT2D eigenvalue weighted by Gasteiger charge is 2.62. The lowest BCUT2D eigenvalue weighted by Crippen LogP contribution is -2.59. The summed E-state index contributed by atoms with van der Waals surface area (Å²) in [7, 11) is -9.11. The molecule has 4 aliphatic carbocycles. The Hall–Kier alpha value is -0.300. The SMILES string of the molecule is CC(C)CCC[C@@H](COS(=O)(=O)O)[C@H]1CC[C@H]2[C@@H]3CCC4[C@@H](O)[C@H](OS(=O)(=O)O)CC[C@]4(C)[C@H]3CC[C@]12C. The Kier molecular flexibility index (Phi) is 9.01. The number of hydrogen-bond acceptors (Lipinski definition) is 7. The summed E-state index contributed by atoms with van der Waals surface area (Å²) < 4.78 is 73.8.